The highest BCUT2D eigenvalue weighted by Crippen LogP contribution is 2.27. The first-order chi connectivity index (χ1) is 15.0. The van der Waals surface area contributed by atoms with Gasteiger partial charge in [-0.25, -0.2) is 18.4 Å². The molecule has 4 rings (SSSR count). The van der Waals surface area contributed by atoms with Crippen molar-refractivity contribution < 1.29 is 17.9 Å². The maximum atomic E-state index is 12.9. The largest absolute Gasteiger partial charge is 0.497 e. The Hall–Kier alpha value is -3.65. The van der Waals surface area contributed by atoms with Crippen LogP contribution in [0.5, 0.6) is 11.6 Å². The van der Waals surface area contributed by atoms with Gasteiger partial charge in [-0.05, 0) is 42.0 Å². The Bertz CT molecular complexity index is 1280. The lowest BCUT2D eigenvalue weighted by molar-refractivity contribution is 0.311. The molecule has 158 valence electrons. The minimum absolute atomic E-state index is 0.0441. The van der Waals surface area contributed by atoms with E-state index in [2.05, 4.69) is 14.7 Å². The smallest absolute Gasteiger partial charge is 0.263 e. The predicted molar refractivity (Wildman–Crippen MR) is 119 cm³/mol. The molecule has 8 heteroatoms. The molecule has 1 N–H and O–H groups in total. The second kappa shape index (κ2) is 9.01. The maximum absolute atomic E-state index is 12.9. The number of nitrogens with zero attached hydrogens (tertiary/aromatic N) is 2. The normalized spacial score (nSPS) is 11.3. The fourth-order valence-corrected chi connectivity index (χ4v) is 4.00. The highest BCUT2D eigenvalue weighted by Gasteiger charge is 2.20. The van der Waals surface area contributed by atoms with Crippen LogP contribution < -0.4 is 14.2 Å². The number of benzene rings is 3. The predicted octanol–water partition coefficient (Wildman–Crippen LogP) is 4.06. The number of aromatic nitrogens is 2. The van der Waals surface area contributed by atoms with Crippen molar-refractivity contribution in [2.24, 2.45) is 0 Å². The summed E-state index contributed by atoms with van der Waals surface area (Å²) in [5, 5.41) is 0. The van der Waals surface area contributed by atoms with Gasteiger partial charge in [-0.2, -0.15) is 0 Å². The zero-order valence-electron chi connectivity index (χ0n) is 16.9. The lowest BCUT2D eigenvalue weighted by atomic mass is 10.2. The molecule has 4 aromatic rings. The van der Waals surface area contributed by atoms with Crippen LogP contribution in [0, 0.1) is 0 Å². The Labute approximate surface area is 180 Å². The zero-order chi connectivity index (χ0) is 21.7. The Morgan fingerprint density at radius 1 is 0.839 bits per heavy atom. The van der Waals surface area contributed by atoms with Gasteiger partial charge in [-0.15, -0.1) is 0 Å². The second-order valence-corrected chi connectivity index (χ2v) is 8.41. The number of sulfonamides is 1. The standard InChI is InChI=1S/C23H21N3O4S/c1-29-18-11-13-19(14-12-18)31(27,28)26-22-23(25-21-10-6-5-9-20(21)24-22)30-16-15-17-7-3-2-4-8-17/h2-14H,15-16H2,1H3,(H,24,26). The fourth-order valence-electron chi connectivity index (χ4n) is 3.00. The van der Waals surface area contributed by atoms with Crippen molar-refractivity contribution >= 4 is 26.9 Å². The third-order valence-electron chi connectivity index (χ3n) is 4.61. The van der Waals surface area contributed by atoms with E-state index in [1.165, 1.54) is 19.2 Å². The molecule has 7 nitrogen and oxygen atoms in total. The van der Waals surface area contributed by atoms with Crippen LogP contribution in [0.15, 0.2) is 83.8 Å². The van der Waals surface area contributed by atoms with Gasteiger partial charge < -0.3 is 9.47 Å². The highest BCUT2D eigenvalue weighted by atomic mass is 32.2. The number of methoxy groups -OCH3 is 1. The summed E-state index contributed by atoms with van der Waals surface area (Å²) in [6.07, 6.45) is 0.653. The Morgan fingerprint density at radius 3 is 2.16 bits per heavy atom. The van der Waals surface area contributed by atoms with Crippen LogP contribution in [0.3, 0.4) is 0 Å². The van der Waals surface area contributed by atoms with Crippen molar-refractivity contribution in [3.8, 4) is 11.6 Å². The van der Waals surface area contributed by atoms with E-state index in [1.54, 1.807) is 24.3 Å². The van der Waals surface area contributed by atoms with Gasteiger partial charge in [0, 0.05) is 6.42 Å². The lowest BCUT2D eigenvalue weighted by Gasteiger charge is -2.13. The molecule has 1 heterocycles. The molecule has 0 aliphatic heterocycles. The highest BCUT2D eigenvalue weighted by molar-refractivity contribution is 7.92. The monoisotopic (exact) mass is 435 g/mol. The van der Waals surface area contributed by atoms with Crippen molar-refractivity contribution in [1.29, 1.82) is 0 Å². The van der Waals surface area contributed by atoms with E-state index < -0.39 is 10.0 Å². The second-order valence-electron chi connectivity index (χ2n) is 6.73. The summed E-state index contributed by atoms with van der Waals surface area (Å²) in [7, 11) is -2.38. The molecule has 3 aromatic carbocycles. The van der Waals surface area contributed by atoms with Crippen molar-refractivity contribution in [3.63, 3.8) is 0 Å². The van der Waals surface area contributed by atoms with Gasteiger partial charge in [0.15, 0.2) is 0 Å². The van der Waals surface area contributed by atoms with Crippen molar-refractivity contribution in [1.82, 2.24) is 9.97 Å². The minimum atomic E-state index is -3.89. The van der Waals surface area contributed by atoms with Crippen LogP contribution >= 0.6 is 0 Å². The summed E-state index contributed by atoms with van der Waals surface area (Å²) < 4.78 is 39.3. The summed E-state index contributed by atoms with van der Waals surface area (Å²) in [6, 6.07) is 23.2. The van der Waals surface area contributed by atoms with Gasteiger partial charge in [-0.3, -0.25) is 4.72 Å². The lowest BCUT2D eigenvalue weighted by Crippen LogP contribution is -2.16. The van der Waals surface area contributed by atoms with E-state index in [-0.39, 0.29) is 16.6 Å². The summed E-state index contributed by atoms with van der Waals surface area (Å²) >= 11 is 0. The van der Waals surface area contributed by atoms with Gasteiger partial charge in [0.25, 0.3) is 15.9 Å². The van der Waals surface area contributed by atoms with E-state index in [0.717, 1.165) is 5.56 Å². The average Bonchev–Trinajstić information content (AvgIpc) is 2.80. The number of ether oxygens (including phenoxy) is 2. The quantitative estimate of drug-likeness (QED) is 0.449. The number of para-hydroxylation sites is 2. The molecule has 0 saturated carbocycles. The Kier molecular flexibility index (Phi) is 5.99. The summed E-state index contributed by atoms with van der Waals surface area (Å²) in [5.74, 6) is 0.740. The molecule has 0 spiro atoms. The number of rotatable bonds is 8. The van der Waals surface area contributed by atoms with E-state index in [0.29, 0.717) is 29.8 Å². The van der Waals surface area contributed by atoms with Crippen LogP contribution in [-0.2, 0) is 16.4 Å². The molecule has 1 aromatic heterocycles. The van der Waals surface area contributed by atoms with Crippen molar-refractivity contribution in [2.75, 3.05) is 18.4 Å². The molecule has 0 fully saturated rings. The molecule has 0 atom stereocenters. The molecular formula is C23H21N3O4S. The van der Waals surface area contributed by atoms with Gasteiger partial charge >= 0.3 is 0 Å². The summed E-state index contributed by atoms with van der Waals surface area (Å²) in [5.41, 5.74) is 2.28. The van der Waals surface area contributed by atoms with E-state index >= 15 is 0 Å². The van der Waals surface area contributed by atoms with Crippen LogP contribution in [-0.4, -0.2) is 32.1 Å². The van der Waals surface area contributed by atoms with Crippen LogP contribution in [0.4, 0.5) is 5.82 Å². The van der Waals surface area contributed by atoms with E-state index in [1.807, 2.05) is 42.5 Å². The topological polar surface area (TPSA) is 90.4 Å². The number of hydrogen-bond donors (Lipinski definition) is 1. The van der Waals surface area contributed by atoms with Crippen molar-refractivity contribution in [2.45, 2.75) is 11.3 Å². The first-order valence-electron chi connectivity index (χ1n) is 9.65. The molecular weight excluding hydrogens is 414 g/mol. The summed E-state index contributed by atoms with van der Waals surface area (Å²) in [6.45, 7) is 0.328. The first-order valence-corrected chi connectivity index (χ1v) is 11.1. The van der Waals surface area contributed by atoms with E-state index in [4.69, 9.17) is 9.47 Å². The number of anilines is 1. The van der Waals surface area contributed by atoms with E-state index in [9.17, 15) is 8.42 Å². The molecule has 0 bridgehead atoms. The summed E-state index contributed by atoms with van der Waals surface area (Å²) in [4.78, 5) is 9.00. The van der Waals surface area contributed by atoms with Gasteiger partial charge in [0.1, 0.15) is 5.75 Å². The van der Waals surface area contributed by atoms with Crippen LogP contribution in [0.1, 0.15) is 5.56 Å². The van der Waals surface area contributed by atoms with Crippen LogP contribution in [0.25, 0.3) is 11.0 Å². The number of hydrogen-bond acceptors (Lipinski definition) is 6. The number of fused-ring (bicyclic) bond motifs is 1. The van der Waals surface area contributed by atoms with Crippen molar-refractivity contribution in [3.05, 3.63) is 84.4 Å². The van der Waals surface area contributed by atoms with Crippen LogP contribution in [0.2, 0.25) is 0 Å². The SMILES string of the molecule is COc1ccc(S(=O)(=O)Nc2nc3ccccc3nc2OCCc2ccccc2)cc1. The van der Waals surface area contributed by atoms with Gasteiger partial charge in [-0.1, -0.05) is 42.5 Å². The molecule has 0 saturated heterocycles. The fraction of sp³-hybridized carbons (Fsp3) is 0.130. The Morgan fingerprint density at radius 2 is 1.48 bits per heavy atom. The van der Waals surface area contributed by atoms with Gasteiger partial charge in [0.2, 0.25) is 5.82 Å². The third kappa shape index (κ3) is 4.92. The zero-order valence-corrected chi connectivity index (χ0v) is 17.7. The molecule has 0 amide bonds. The van der Waals surface area contributed by atoms with Gasteiger partial charge in [0.05, 0.1) is 29.6 Å². The average molecular weight is 436 g/mol. The first kappa shape index (κ1) is 20.6. The minimum Gasteiger partial charge on any atom is -0.497 e. The third-order valence-corrected chi connectivity index (χ3v) is 5.97. The molecule has 0 radical (unpaired) electrons. The molecule has 31 heavy (non-hydrogen) atoms. The molecule has 0 aliphatic rings. The molecule has 0 aliphatic carbocycles. The maximum Gasteiger partial charge on any atom is 0.263 e. The molecule has 0 unspecified atom stereocenters. The number of nitrogens with one attached hydrogen (secondary N) is 1. The Balaban J connectivity index is 1.62.